The van der Waals surface area contributed by atoms with Crippen LogP contribution >= 0.6 is 0 Å². The summed E-state index contributed by atoms with van der Waals surface area (Å²) in [5.74, 6) is -5.32. The Morgan fingerprint density at radius 3 is 2.52 bits per heavy atom. The molecule has 0 unspecified atom stereocenters. The molecule has 1 aliphatic carbocycles. The Labute approximate surface area is 234 Å². The SMILES string of the molecule is O=C(CCC(F)(F)F)N[C@H](O)c1cnn2cc([C@@H](NC(=O)c3cccc(OC(F)F)c3)C3CCC(F)(F)CC3)nc2c1. The molecular weight excluding hydrogens is 579 g/mol. The molecular formula is C26H26F7N5O4. The first-order chi connectivity index (χ1) is 19.7. The van der Waals surface area contributed by atoms with Crippen LogP contribution in [0, 0.1) is 5.92 Å². The summed E-state index contributed by atoms with van der Waals surface area (Å²) in [5.41, 5.74) is 0.340. The first-order valence-corrected chi connectivity index (χ1v) is 12.8. The normalized spacial score (nSPS) is 17.2. The summed E-state index contributed by atoms with van der Waals surface area (Å²) >= 11 is 0. The number of alkyl halides is 7. The average molecular weight is 606 g/mol. The molecule has 1 aliphatic rings. The van der Waals surface area contributed by atoms with Gasteiger partial charge in [0.25, 0.3) is 5.91 Å². The summed E-state index contributed by atoms with van der Waals surface area (Å²) in [6, 6.07) is 5.46. The molecule has 0 aliphatic heterocycles. The Morgan fingerprint density at radius 2 is 1.86 bits per heavy atom. The first kappa shape index (κ1) is 31.0. The minimum Gasteiger partial charge on any atom is -0.435 e. The molecule has 2 amide bonds. The summed E-state index contributed by atoms with van der Waals surface area (Å²) in [7, 11) is 0. The quantitative estimate of drug-likeness (QED) is 0.219. The van der Waals surface area contributed by atoms with Crippen molar-refractivity contribution >= 4 is 17.5 Å². The molecule has 1 fully saturated rings. The number of aliphatic hydroxyl groups is 1. The van der Waals surface area contributed by atoms with Gasteiger partial charge in [-0.15, -0.1) is 0 Å². The summed E-state index contributed by atoms with van der Waals surface area (Å²) in [6.45, 7) is -3.11. The van der Waals surface area contributed by atoms with Crippen molar-refractivity contribution in [2.75, 3.05) is 0 Å². The van der Waals surface area contributed by atoms with Crippen molar-refractivity contribution in [2.45, 2.75) is 69.5 Å². The Balaban J connectivity index is 1.56. The second-order valence-electron chi connectivity index (χ2n) is 9.89. The van der Waals surface area contributed by atoms with Crippen LogP contribution in [-0.2, 0) is 4.79 Å². The number of nitrogens with one attached hydrogen (secondary N) is 2. The third-order valence-corrected chi connectivity index (χ3v) is 6.77. The molecule has 0 bridgehead atoms. The third kappa shape index (κ3) is 8.30. The van der Waals surface area contributed by atoms with Gasteiger partial charge in [-0.2, -0.15) is 27.1 Å². The zero-order valence-electron chi connectivity index (χ0n) is 21.8. The van der Waals surface area contributed by atoms with Crippen molar-refractivity contribution in [1.29, 1.82) is 0 Å². The fourth-order valence-electron chi connectivity index (χ4n) is 4.64. The number of rotatable bonds is 10. The molecule has 3 aromatic rings. The van der Waals surface area contributed by atoms with E-state index in [1.54, 1.807) is 0 Å². The smallest absolute Gasteiger partial charge is 0.389 e. The Kier molecular flexibility index (Phi) is 9.23. The van der Waals surface area contributed by atoms with Crippen LogP contribution < -0.4 is 15.4 Å². The Hall–Kier alpha value is -3.95. The fraction of sp³-hybridized carbons (Fsp3) is 0.462. The lowest BCUT2D eigenvalue weighted by molar-refractivity contribution is -0.145. The van der Waals surface area contributed by atoms with E-state index in [9.17, 15) is 45.4 Å². The number of carbonyl (C=O) groups excluding carboxylic acids is 2. The summed E-state index contributed by atoms with van der Waals surface area (Å²) < 4.78 is 95.8. The fourth-order valence-corrected chi connectivity index (χ4v) is 4.64. The first-order valence-electron chi connectivity index (χ1n) is 12.8. The van der Waals surface area contributed by atoms with Crippen LogP contribution in [0.4, 0.5) is 30.7 Å². The van der Waals surface area contributed by atoms with Crippen LogP contribution in [0.1, 0.15) is 72.4 Å². The zero-order valence-corrected chi connectivity index (χ0v) is 21.8. The maximum absolute atomic E-state index is 13.9. The van der Waals surface area contributed by atoms with Crippen LogP contribution in [0.3, 0.4) is 0 Å². The number of imidazole rings is 1. The molecule has 9 nitrogen and oxygen atoms in total. The van der Waals surface area contributed by atoms with Crippen LogP contribution in [0.2, 0.25) is 0 Å². The van der Waals surface area contributed by atoms with Crippen molar-refractivity contribution in [3.05, 3.63) is 59.5 Å². The number of benzene rings is 1. The van der Waals surface area contributed by atoms with Crippen molar-refractivity contribution in [1.82, 2.24) is 25.2 Å². The highest BCUT2D eigenvalue weighted by Gasteiger charge is 2.39. The lowest BCUT2D eigenvalue weighted by atomic mass is 9.81. The maximum Gasteiger partial charge on any atom is 0.389 e. The molecule has 0 radical (unpaired) electrons. The molecule has 1 aromatic carbocycles. The number of fused-ring (bicyclic) bond motifs is 1. The molecule has 3 N–H and O–H groups in total. The summed E-state index contributed by atoms with van der Waals surface area (Å²) in [5, 5.41) is 19.2. The highest BCUT2D eigenvalue weighted by Crippen LogP contribution is 2.41. The minimum absolute atomic E-state index is 0.00810. The van der Waals surface area contributed by atoms with Crippen molar-refractivity contribution in [3.63, 3.8) is 0 Å². The minimum atomic E-state index is -4.54. The van der Waals surface area contributed by atoms with E-state index in [0.717, 1.165) is 12.3 Å². The van der Waals surface area contributed by atoms with E-state index in [2.05, 4.69) is 20.1 Å². The van der Waals surface area contributed by atoms with E-state index in [-0.39, 0.29) is 41.1 Å². The van der Waals surface area contributed by atoms with E-state index in [1.807, 2.05) is 5.32 Å². The lowest BCUT2D eigenvalue weighted by Gasteiger charge is -2.33. The van der Waals surface area contributed by atoms with Crippen molar-refractivity contribution in [3.8, 4) is 5.75 Å². The number of hydrogen-bond acceptors (Lipinski definition) is 6. The predicted octanol–water partition coefficient (Wildman–Crippen LogP) is 5.08. The lowest BCUT2D eigenvalue weighted by Crippen LogP contribution is -2.37. The topological polar surface area (TPSA) is 118 Å². The molecule has 42 heavy (non-hydrogen) atoms. The molecule has 2 atom stereocenters. The van der Waals surface area contributed by atoms with Crippen LogP contribution in [0.25, 0.3) is 5.65 Å². The van der Waals surface area contributed by atoms with E-state index in [0.29, 0.717) is 0 Å². The number of nitrogens with zero attached hydrogens (tertiary/aromatic N) is 3. The van der Waals surface area contributed by atoms with E-state index < -0.39 is 74.4 Å². The van der Waals surface area contributed by atoms with Crippen molar-refractivity contribution in [2.24, 2.45) is 5.92 Å². The zero-order chi connectivity index (χ0) is 30.7. The van der Waals surface area contributed by atoms with Gasteiger partial charge in [0.15, 0.2) is 11.9 Å². The third-order valence-electron chi connectivity index (χ3n) is 6.77. The Bertz CT molecular complexity index is 1410. The molecule has 2 heterocycles. The van der Waals surface area contributed by atoms with Gasteiger partial charge in [0.05, 0.1) is 30.6 Å². The highest BCUT2D eigenvalue weighted by molar-refractivity contribution is 5.94. The van der Waals surface area contributed by atoms with Gasteiger partial charge < -0.3 is 20.5 Å². The molecule has 0 saturated heterocycles. The molecule has 228 valence electrons. The van der Waals surface area contributed by atoms with Crippen LogP contribution in [0.5, 0.6) is 5.75 Å². The Morgan fingerprint density at radius 1 is 1.14 bits per heavy atom. The molecule has 0 spiro atoms. The standard InChI is InChI=1S/C26H26F7N5O4/c27-24(28)42-17-3-1-2-15(10-17)22(40)37-21(14-4-7-25(29,30)8-5-14)18-13-38-19(35-18)11-16(12-34-38)23(41)36-20(39)6-9-26(31,32)33/h1-3,10-14,21,23-24,41H,4-9H2,(H,36,39)(H,37,40)/t21-,23+/m0/s1. The number of halogens is 7. The largest absolute Gasteiger partial charge is 0.435 e. The van der Waals surface area contributed by atoms with Crippen LogP contribution in [0.15, 0.2) is 42.7 Å². The second kappa shape index (κ2) is 12.5. The van der Waals surface area contributed by atoms with Gasteiger partial charge in [-0.05, 0) is 43.0 Å². The average Bonchev–Trinajstić information content (AvgIpc) is 3.33. The van der Waals surface area contributed by atoms with Gasteiger partial charge in [0.1, 0.15) is 5.75 Å². The molecule has 4 rings (SSSR count). The monoisotopic (exact) mass is 605 g/mol. The molecule has 16 heteroatoms. The highest BCUT2D eigenvalue weighted by atomic mass is 19.4. The molecule has 2 aromatic heterocycles. The number of ether oxygens (including phenoxy) is 1. The van der Waals surface area contributed by atoms with Gasteiger partial charge in [0, 0.05) is 30.4 Å². The van der Waals surface area contributed by atoms with E-state index >= 15 is 0 Å². The molecule has 1 saturated carbocycles. The number of aliphatic hydroxyl groups excluding tert-OH is 1. The number of hydrogen-bond donors (Lipinski definition) is 3. The van der Waals surface area contributed by atoms with E-state index in [1.165, 1.54) is 35.0 Å². The van der Waals surface area contributed by atoms with Crippen LogP contribution in [-0.4, -0.2) is 50.2 Å². The van der Waals surface area contributed by atoms with E-state index in [4.69, 9.17) is 0 Å². The number of carbonyl (C=O) groups is 2. The van der Waals surface area contributed by atoms with Gasteiger partial charge in [-0.25, -0.2) is 18.3 Å². The van der Waals surface area contributed by atoms with Gasteiger partial charge in [-0.3, -0.25) is 9.59 Å². The van der Waals surface area contributed by atoms with Gasteiger partial charge in [-0.1, -0.05) is 6.07 Å². The summed E-state index contributed by atoms with van der Waals surface area (Å²) in [4.78, 5) is 29.3. The predicted molar refractivity (Wildman–Crippen MR) is 132 cm³/mol. The van der Waals surface area contributed by atoms with Gasteiger partial charge in [0.2, 0.25) is 11.8 Å². The summed E-state index contributed by atoms with van der Waals surface area (Å²) in [6.07, 6.45) is -6.66. The second-order valence-corrected chi connectivity index (χ2v) is 9.89. The van der Waals surface area contributed by atoms with Gasteiger partial charge >= 0.3 is 12.8 Å². The maximum atomic E-state index is 13.9. The number of amides is 2. The van der Waals surface area contributed by atoms with Crippen molar-refractivity contribution < 1.29 is 50.2 Å². The number of aromatic nitrogens is 3.